The maximum atomic E-state index is 12.2. The van der Waals surface area contributed by atoms with E-state index in [1.54, 1.807) is 6.08 Å². The van der Waals surface area contributed by atoms with Crippen molar-refractivity contribution >= 4 is 5.91 Å². The highest BCUT2D eigenvalue weighted by molar-refractivity contribution is 5.76. The Morgan fingerprint density at radius 1 is 0.479 bits per heavy atom. The third-order valence-electron chi connectivity index (χ3n) is 9.94. The minimum atomic E-state index is -0.855. The number of carbonyl (C=O) groups excluding carboxylic acids is 1. The SMILES string of the molecule is CCCCCCCCCCCCCCCCCCCCCCCCCC/C=C/CC/C=C/C(O)C(CO)NC(=O)CCCCCCCC. The Morgan fingerprint density at radius 2 is 0.812 bits per heavy atom. The number of aliphatic hydroxyl groups excluding tert-OH is 2. The van der Waals surface area contributed by atoms with Crippen molar-refractivity contribution in [1.29, 1.82) is 0 Å². The fourth-order valence-corrected chi connectivity index (χ4v) is 6.61. The fourth-order valence-electron chi connectivity index (χ4n) is 6.61. The second kappa shape index (κ2) is 40.3. The van der Waals surface area contributed by atoms with Crippen LogP contribution in [0.3, 0.4) is 0 Å². The molecule has 0 saturated heterocycles. The van der Waals surface area contributed by atoms with Crippen molar-refractivity contribution in [2.75, 3.05) is 6.61 Å². The lowest BCUT2D eigenvalue weighted by atomic mass is 10.0. The van der Waals surface area contributed by atoms with Crippen LogP contribution in [0.5, 0.6) is 0 Å². The second-order valence-corrected chi connectivity index (χ2v) is 14.8. The molecule has 0 aromatic carbocycles. The molecule has 3 N–H and O–H groups in total. The van der Waals surface area contributed by atoms with Crippen LogP contribution < -0.4 is 5.32 Å². The van der Waals surface area contributed by atoms with Crippen molar-refractivity contribution in [2.45, 2.75) is 244 Å². The lowest BCUT2D eigenvalue weighted by molar-refractivity contribution is -0.123. The molecule has 4 heteroatoms. The zero-order valence-electron chi connectivity index (χ0n) is 32.5. The summed E-state index contributed by atoms with van der Waals surface area (Å²) < 4.78 is 0. The first-order valence-electron chi connectivity index (χ1n) is 21.6. The molecule has 0 aliphatic rings. The van der Waals surface area contributed by atoms with Crippen LogP contribution in [-0.4, -0.2) is 34.9 Å². The Hall–Kier alpha value is -1.13. The van der Waals surface area contributed by atoms with Crippen molar-refractivity contribution in [3.63, 3.8) is 0 Å². The molecule has 0 radical (unpaired) electrons. The average molecular weight is 676 g/mol. The van der Waals surface area contributed by atoms with Crippen molar-refractivity contribution in [2.24, 2.45) is 0 Å². The molecule has 0 saturated carbocycles. The first kappa shape index (κ1) is 46.9. The standard InChI is InChI=1S/C44H85NO3/c1-3-5-7-9-11-12-13-14-15-16-17-18-19-20-21-22-23-24-25-26-27-28-29-30-31-32-33-34-35-37-39-43(47)42(41-46)45-44(48)40-38-36-10-8-6-4-2/h32-33,37,39,42-43,46-47H,3-31,34-36,38,40-41H2,1-2H3,(H,45,48)/b33-32+,39-37+. The summed E-state index contributed by atoms with van der Waals surface area (Å²) in [6.45, 7) is 4.24. The van der Waals surface area contributed by atoms with E-state index in [0.29, 0.717) is 6.42 Å². The first-order valence-corrected chi connectivity index (χ1v) is 21.6. The Labute approximate surface area is 300 Å². The predicted molar refractivity (Wildman–Crippen MR) is 212 cm³/mol. The largest absolute Gasteiger partial charge is 0.394 e. The van der Waals surface area contributed by atoms with Crippen molar-refractivity contribution < 1.29 is 15.0 Å². The summed E-state index contributed by atoms with van der Waals surface area (Å²) in [5, 5.41) is 22.7. The number of amides is 1. The molecule has 0 heterocycles. The Balaban J connectivity index is 3.43. The maximum absolute atomic E-state index is 12.2. The molecule has 2 atom stereocenters. The topological polar surface area (TPSA) is 69.6 Å². The van der Waals surface area contributed by atoms with Crippen molar-refractivity contribution in [3.8, 4) is 0 Å². The minimum absolute atomic E-state index is 0.0827. The molecule has 48 heavy (non-hydrogen) atoms. The van der Waals surface area contributed by atoms with Gasteiger partial charge in [-0.15, -0.1) is 0 Å². The third-order valence-corrected chi connectivity index (χ3v) is 9.94. The minimum Gasteiger partial charge on any atom is -0.394 e. The molecule has 0 aliphatic heterocycles. The zero-order chi connectivity index (χ0) is 35.0. The van der Waals surface area contributed by atoms with Crippen LogP contribution in [0.4, 0.5) is 0 Å². The molecule has 0 rings (SSSR count). The van der Waals surface area contributed by atoms with Gasteiger partial charge in [0.2, 0.25) is 5.91 Å². The van der Waals surface area contributed by atoms with Crippen LogP contribution >= 0.6 is 0 Å². The molecule has 0 aromatic heterocycles. The van der Waals surface area contributed by atoms with Gasteiger partial charge in [0.1, 0.15) is 0 Å². The van der Waals surface area contributed by atoms with Gasteiger partial charge in [0.05, 0.1) is 18.8 Å². The number of carbonyl (C=O) groups is 1. The van der Waals surface area contributed by atoms with E-state index in [-0.39, 0.29) is 12.5 Å². The highest BCUT2D eigenvalue weighted by Crippen LogP contribution is 2.16. The molecule has 284 valence electrons. The van der Waals surface area contributed by atoms with Crippen LogP contribution in [0, 0.1) is 0 Å². The summed E-state index contributed by atoms with van der Waals surface area (Å²) in [4.78, 5) is 12.2. The van der Waals surface area contributed by atoms with Crippen LogP contribution in [0.1, 0.15) is 232 Å². The van der Waals surface area contributed by atoms with E-state index in [1.807, 2.05) is 6.08 Å². The zero-order valence-corrected chi connectivity index (χ0v) is 32.5. The molecular weight excluding hydrogens is 590 g/mol. The summed E-state index contributed by atoms with van der Waals surface area (Å²) in [5.41, 5.74) is 0. The number of allylic oxidation sites excluding steroid dienone is 3. The Kier molecular flexibility index (Phi) is 39.4. The van der Waals surface area contributed by atoms with Gasteiger partial charge >= 0.3 is 0 Å². The maximum Gasteiger partial charge on any atom is 0.220 e. The van der Waals surface area contributed by atoms with Gasteiger partial charge in [0, 0.05) is 6.42 Å². The van der Waals surface area contributed by atoms with E-state index in [4.69, 9.17) is 0 Å². The summed E-state index contributed by atoms with van der Waals surface area (Å²) in [5.74, 6) is -0.0827. The van der Waals surface area contributed by atoms with Crippen LogP contribution in [0.25, 0.3) is 0 Å². The molecule has 0 aliphatic carbocycles. The molecular formula is C44H85NO3. The van der Waals surface area contributed by atoms with Gasteiger partial charge in [-0.1, -0.05) is 218 Å². The molecule has 0 aromatic rings. The fraction of sp³-hybridized carbons (Fsp3) is 0.886. The van der Waals surface area contributed by atoms with Gasteiger partial charge in [-0.25, -0.2) is 0 Å². The molecule has 2 unspecified atom stereocenters. The van der Waals surface area contributed by atoms with Gasteiger partial charge in [-0.3, -0.25) is 4.79 Å². The molecule has 0 spiro atoms. The van der Waals surface area contributed by atoms with Crippen LogP contribution in [0.15, 0.2) is 24.3 Å². The lowest BCUT2D eigenvalue weighted by Crippen LogP contribution is -2.45. The van der Waals surface area contributed by atoms with Gasteiger partial charge in [-0.2, -0.15) is 0 Å². The Bertz CT molecular complexity index is 691. The second-order valence-electron chi connectivity index (χ2n) is 14.8. The summed E-state index contributed by atoms with van der Waals surface area (Å²) in [6.07, 6.45) is 51.9. The summed E-state index contributed by atoms with van der Waals surface area (Å²) >= 11 is 0. The van der Waals surface area contributed by atoms with Crippen molar-refractivity contribution in [1.82, 2.24) is 5.32 Å². The molecule has 4 nitrogen and oxygen atoms in total. The number of hydrogen-bond acceptors (Lipinski definition) is 3. The highest BCUT2D eigenvalue weighted by atomic mass is 16.3. The van der Waals surface area contributed by atoms with Gasteiger partial charge in [0.15, 0.2) is 0 Å². The Morgan fingerprint density at radius 3 is 1.21 bits per heavy atom. The van der Waals surface area contributed by atoms with E-state index < -0.39 is 12.1 Å². The smallest absolute Gasteiger partial charge is 0.220 e. The van der Waals surface area contributed by atoms with Gasteiger partial charge in [-0.05, 0) is 32.1 Å². The van der Waals surface area contributed by atoms with Crippen LogP contribution in [-0.2, 0) is 4.79 Å². The quantitative estimate of drug-likeness (QED) is 0.0448. The molecule has 0 fully saturated rings. The van der Waals surface area contributed by atoms with Gasteiger partial charge in [0.25, 0.3) is 0 Å². The van der Waals surface area contributed by atoms with E-state index in [2.05, 4.69) is 31.3 Å². The van der Waals surface area contributed by atoms with Crippen molar-refractivity contribution in [3.05, 3.63) is 24.3 Å². The summed E-state index contributed by atoms with van der Waals surface area (Å²) in [7, 11) is 0. The number of rotatable bonds is 39. The highest BCUT2D eigenvalue weighted by Gasteiger charge is 2.17. The van der Waals surface area contributed by atoms with Gasteiger partial charge < -0.3 is 15.5 Å². The molecule has 0 bridgehead atoms. The van der Waals surface area contributed by atoms with E-state index >= 15 is 0 Å². The average Bonchev–Trinajstić information content (AvgIpc) is 3.09. The third kappa shape index (κ3) is 36.2. The number of unbranched alkanes of at least 4 members (excludes halogenated alkanes) is 30. The predicted octanol–water partition coefficient (Wildman–Crippen LogP) is 13.2. The lowest BCUT2D eigenvalue weighted by Gasteiger charge is -2.19. The normalized spacial score (nSPS) is 13.2. The first-order chi connectivity index (χ1) is 23.7. The number of aliphatic hydroxyl groups is 2. The molecule has 1 amide bonds. The number of hydrogen-bond donors (Lipinski definition) is 3. The number of nitrogens with one attached hydrogen (secondary N) is 1. The summed E-state index contributed by atoms with van der Waals surface area (Å²) in [6, 6.07) is -0.631. The van der Waals surface area contributed by atoms with E-state index in [9.17, 15) is 15.0 Å². The monoisotopic (exact) mass is 676 g/mol. The van der Waals surface area contributed by atoms with E-state index in [0.717, 1.165) is 32.1 Å². The van der Waals surface area contributed by atoms with E-state index in [1.165, 1.54) is 180 Å². The van der Waals surface area contributed by atoms with Crippen LogP contribution in [0.2, 0.25) is 0 Å².